The number of methoxy groups -OCH3 is 2. The number of carbonyl (C=O) groups excluding carboxylic acids is 1. The van der Waals surface area contributed by atoms with Gasteiger partial charge in [0.15, 0.2) is 0 Å². The molecule has 28 heavy (non-hydrogen) atoms. The lowest BCUT2D eigenvalue weighted by atomic mass is 9.90. The molecule has 154 valence electrons. The topological polar surface area (TPSA) is 71.0 Å². The van der Waals surface area contributed by atoms with Crippen molar-refractivity contribution in [1.29, 1.82) is 0 Å². The van der Waals surface area contributed by atoms with Gasteiger partial charge >= 0.3 is 0 Å². The third-order valence-corrected chi connectivity index (χ3v) is 4.23. The summed E-state index contributed by atoms with van der Waals surface area (Å²) < 4.78 is 10.4. The number of anilines is 1. The number of hydrogen-bond donors (Lipinski definition) is 2. The van der Waals surface area contributed by atoms with Crippen molar-refractivity contribution in [3.8, 4) is 0 Å². The molecular formula is C22H32N2O4. The monoisotopic (exact) mass is 388 g/mol. The van der Waals surface area contributed by atoms with E-state index >= 15 is 0 Å². The maximum absolute atomic E-state index is 12.2. The van der Waals surface area contributed by atoms with Gasteiger partial charge in [-0.25, -0.2) is 5.48 Å². The molecule has 1 unspecified atom stereocenters. The Morgan fingerprint density at radius 1 is 0.929 bits per heavy atom. The Hall–Kier alpha value is -2.41. The van der Waals surface area contributed by atoms with Crippen LogP contribution in [0.4, 0.5) is 5.69 Å². The summed E-state index contributed by atoms with van der Waals surface area (Å²) >= 11 is 0. The van der Waals surface area contributed by atoms with Gasteiger partial charge in [0.1, 0.15) is 0 Å². The molecule has 0 bridgehead atoms. The zero-order valence-corrected chi connectivity index (χ0v) is 17.2. The highest BCUT2D eigenvalue weighted by Gasteiger charge is 2.22. The van der Waals surface area contributed by atoms with E-state index < -0.39 is 11.8 Å². The lowest BCUT2D eigenvalue weighted by Crippen LogP contribution is -2.30. The molecule has 0 aliphatic carbocycles. The van der Waals surface area contributed by atoms with Crippen LogP contribution in [-0.4, -0.2) is 51.6 Å². The van der Waals surface area contributed by atoms with Crippen molar-refractivity contribution in [3.05, 3.63) is 65.7 Å². The number of carbonyl (C=O) groups is 1. The van der Waals surface area contributed by atoms with E-state index in [0.717, 1.165) is 29.9 Å². The fourth-order valence-electron chi connectivity index (χ4n) is 2.86. The fraction of sp³-hybridized carbons (Fsp3) is 0.409. The first-order valence-corrected chi connectivity index (χ1v) is 9.53. The molecular weight excluding hydrogens is 356 g/mol. The van der Waals surface area contributed by atoms with Gasteiger partial charge in [-0.05, 0) is 23.3 Å². The summed E-state index contributed by atoms with van der Waals surface area (Å²) in [4.78, 5) is 14.4. The van der Waals surface area contributed by atoms with Crippen molar-refractivity contribution in [2.75, 3.05) is 45.4 Å². The van der Waals surface area contributed by atoms with Crippen LogP contribution in [0, 0.1) is 0 Å². The molecule has 0 fully saturated rings. The van der Waals surface area contributed by atoms with E-state index in [1.54, 1.807) is 19.7 Å². The van der Waals surface area contributed by atoms with Crippen molar-refractivity contribution in [1.82, 2.24) is 5.48 Å². The van der Waals surface area contributed by atoms with Gasteiger partial charge in [-0.1, -0.05) is 56.3 Å². The number of benzene rings is 2. The summed E-state index contributed by atoms with van der Waals surface area (Å²) in [5, 5.41) is 9.13. The van der Waals surface area contributed by atoms with Gasteiger partial charge in [-0.15, -0.1) is 0 Å². The van der Waals surface area contributed by atoms with Crippen LogP contribution in [-0.2, 0) is 14.3 Å². The summed E-state index contributed by atoms with van der Waals surface area (Å²) in [5.41, 5.74) is 4.43. The predicted octanol–water partition coefficient (Wildman–Crippen LogP) is 3.45. The second-order valence-corrected chi connectivity index (χ2v) is 5.88. The zero-order chi connectivity index (χ0) is 20.8. The molecule has 2 aromatic rings. The Kier molecular flexibility index (Phi) is 11.6. The number of rotatable bonds is 10. The highest BCUT2D eigenvalue weighted by Crippen LogP contribution is 2.27. The maximum Gasteiger partial charge on any atom is 0.255 e. The van der Waals surface area contributed by atoms with E-state index in [-0.39, 0.29) is 0 Å². The van der Waals surface area contributed by atoms with Gasteiger partial charge in [0.2, 0.25) is 0 Å². The Labute approximate surface area is 168 Å². The molecule has 0 saturated carbocycles. The number of nitrogens with one attached hydrogen (secondary N) is 1. The average Bonchev–Trinajstić information content (AvgIpc) is 2.76. The van der Waals surface area contributed by atoms with Gasteiger partial charge in [0.25, 0.3) is 5.91 Å². The van der Waals surface area contributed by atoms with Crippen molar-refractivity contribution in [2.45, 2.75) is 19.8 Å². The standard InChI is InChI=1S/C20H26N2O4.C2H6/c1-25-14-12-22(13-15-26-2)18-10-8-17(9-11-18)19(20(23)21-24)16-6-4-3-5-7-16;1-2/h3-11,19,24H,12-15H2,1-2H3,(H,21,23);1-2H3. The Morgan fingerprint density at radius 2 is 1.43 bits per heavy atom. The fourth-order valence-corrected chi connectivity index (χ4v) is 2.86. The average molecular weight is 389 g/mol. The SMILES string of the molecule is CC.COCCN(CCOC)c1ccc(C(C(=O)NO)c2ccccc2)cc1. The molecule has 0 saturated heterocycles. The first-order valence-electron chi connectivity index (χ1n) is 9.53. The summed E-state index contributed by atoms with van der Waals surface area (Å²) in [7, 11) is 3.35. The Morgan fingerprint density at radius 3 is 1.89 bits per heavy atom. The largest absolute Gasteiger partial charge is 0.383 e. The number of hydroxylamine groups is 1. The van der Waals surface area contributed by atoms with Crippen LogP contribution in [0.25, 0.3) is 0 Å². The number of ether oxygens (including phenoxy) is 2. The number of amides is 1. The smallest absolute Gasteiger partial charge is 0.255 e. The molecule has 1 atom stereocenters. The van der Waals surface area contributed by atoms with Crippen LogP contribution in [0.15, 0.2) is 54.6 Å². The van der Waals surface area contributed by atoms with Gasteiger partial charge in [0, 0.05) is 33.0 Å². The minimum atomic E-state index is -0.568. The Bertz CT molecular complexity index is 654. The Balaban J connectivity index is 0.00000190. The highest BCUT2D eigenvalue weighted by atomic mass is 16.5. The van der Waals surface area contributed by atoms with Gasteiger partial charge < -0.3 is 14.4 Å². The van der Waals surface area contributed by atoms with Crippen LogP contribution >= 0.6 is 0 Å². The molecule has 6 nitrogen and oxygen atoms in total. The molecule has 6 heteroatoms. The van der Waals surface area contributed by atoms with Crippen LogP contribution in [0.2, 0.25) is 0 Å². The van der Waals surface area contributed by atoms with E-state index in [1.807, 2.05) is 68.4 Å². The van der Waals surface area contributed by atoms with E-state index in [2.05, 4.69) is 4.90 Å². The van der Waals surface area contributed by atoms with Crippen LogP contribution < -0.4 is 10.4 Å². The molecule has 0 radical (unpaired) electrons. The zero-order valence-electron chi connectivity index (χ0n) is 17.2. The molecule has 2 rings (SSSR count). The normalized spacial score (nSPS) is 11.2. The van der Waals surface area contributed by atoms with Crippen molar-refractivity contribution in [2.24, 2.45) is 0 Å². The van der Waals surface area contributed by atoms with E-state index in [0.29, 0.717) is 13.2 Å². The first kappa shape index (κ1) is 23.6. The van der Waals surface area contributed by atoms with Gasteiger partial charge in [0.05, 0.1) is 19.1 Å². The minimum absolute atomic E-state index is 0.459. The molecule has 2 N–H and O–H groups in total. The van der Waals surface area contributed by atoms with E-state index in [1.165, 1.54) is 0 Å². The van der Waals surface area contributed by atoms with E-state index in [9.17, 15) is 4.79 Å². The second-order valence-electron chi connectivity index (χ2n) is 5.88. The van der Waals surface area contributed by atoms with Gasteiger partial charge in [-0.3, -0.25) is 10.0 Å². The van der Waals surface area contributed by atoms with E-state index in [4.69, 9.17) is 14.7 Å². The summed E-state index contributed by atoms with van der Waals surface area (Å²) in [6.07, 6.45) is 0. The third-order valence-electron chi connectivity index (χ3n) is 4.23. The lowest BCUT2D eigenvalue weighted by Gasteiger charge is -2.25. The third kappa shape index (κ3) is 6.96. The molecule has 0 aliphatic rings. The highest BCUT2D eigenvalue weighted by molar-refractivity contribution is 5.86. The summed E-state index contributed by atoms with van der Waals surface area (Å²) in [6, 6.07) is 17.2. The lowest BCUT2D eigenvalue weighted by molar-refractivity contribution is -0.129. The molecule has 0 heterocycles. The maximum atomic E-state index is 12.2. The molecule has 0 aliphatic heterocycles. The summed E-state index contributed by atoms with van der Waals surface area (Å²) in [5.74, 6) is -1.03. The predicted molar refractivity (Wildman–Crippen MR) is 112 cm³/mol. The van der Waals surface area contributed by atoms with Crippen molar-refractivity contribution >= 4 is 11.6 Å². The quantitative estimate of drug-likeness (QED) is 0.482. The van der Waals surface area contributed by atoms with Crippen molar-refractivity contribution in [3.63, 3.8) is 0 Å². The number of nitrogens with zero attached hydrogens (tertiary/aromatic N) is 1. The number of hydrogen-bond acceptors (Lipinski definition) is 5. The van der Waals surface area contributed by atoms with Gasteiger partial charge in [-0.2, -0.15) is 0 Å². The van der Waals surface area contributed by atoms with Crippen molar-refractivity contribution < 1.29 is 19.5 Å². The first-order chi connectivity index (χ1) is 13.7. The minimum Gasteiger partial charge on any atom is -0.383 e. The second kappa shape index (κ2) is 13.7. The van der Waals surface area contributed by atoms with Crippen LogP contribution in [0.3, 0.4) is 0 Å². The van der Waals surface area contributed by atoms with Crippen LogP contribution in [0.5, 0.6) is 0 Å². The molecule has 0 aromatic heterocycles. The summed E-state index contributed by atoms with van der Waals surface area (Å²) in [6.45, 7) is 6.73. The molecule has 1 amide bonds. The molecule has 0 spiro atoms. The molecule has 2 aromatic carbocycles. The van der Waals surface area contributed by atoms with Crippen LogP contribution in [0.1, 0.15) is 30.9 Å².